The largest absolute Gasteiger partial charge is 0.372 e. The smallest absolute Gasteiger partial charge is 0.266 e. The van der Waals surface area contributed by atoms with Crippen molar-refractivity contribution in [2.45, 2.75) is 26.7 Å². The van der Waals surface area contributed by atoms with Crippen LogP contribution in [0.25, 0.3) is 11.1 Å². The Kier molecular flexibility index (Phi) is 3.72. The number of aromatic nitrogens is 1. The summed E-state index contributed by atoms with van der Waals surface area (Å²) in [5.74, 6) is 0. The minimum Gasteiger partial charge on any atom is -0.372 e. The zero-order valence-electron chi connectivity index (χ0n) is 12.9. The van der Waals surface area contributed by atoms with Gasteiger partial charge in [-0.25, -0.2) is 0 Å². The van der Waals surface area contributed by atoms with Crippen LogP contribution in [0.3, 0.4) is 0 Å². The van der Waals surface area contributed by atoms with Crippen molar-refractivity contribution in [3.05, 3.63) is 51.4 Å². The quantitative estimate of drug-likeness (QED) is 0.925. The van der Waals surface area contributed by atoms with Gasteiger partial charge < -0.3 is 9.88 Å². The van der Waals surface area contributed by atoms with E-state index in [1.807, 2.05) is 32.0 Å². The van der Waals surface area contributed by atoms with Crippen LogP contribution in [0.4, 0.5) is 5.69 Å². The molecule has 4 nitrogen and oxygen atoms in total. The molecule has 1 saturated heterocycles. The normalized spacial score (nSPS) is 14.1. The third-order valence-electron chi connectivity index (χ3n) is 4.25. The minimum atomic E-state index is -0.319. The number of benzene rings is 1. The summed E-state index contributed by atoms with van der Waals surface area (Å²) < 4.78 is 0. The number of nitrogens with one attached hydrogen (secondary N) is 1. The summed E-state index contributed by atoms with van der Waals surface area (Å²) >= 11 is 0. The van der Waals surface area contributed by atoms with Gasteiger partial charge in [-0.05, 0) is 56.0 Å². The molecule has 0 aliphatic carbocycles. The minimum absolute atomic E-state index is 0.183. The number of aromatic amines is 1. The summed E-state index contributed by atoms with van der Waals surface area (Å²) in [7, 11) is 0. The van der Waals surface area contributed by atoms with E-state index < -0.39 is 0 Å². The van der Waals surface area contributed by atoms with Gasteiger partial charge in [-0.2, -0.15) is 5.26 Å². The topological polar surface area (TPSA) is 59.9 Å². The average molecular weight is 293 g/mol. The maximum atomic E-state index is 12.0. The summed E-state index contributed by atoms with van der Waals surface area (Å²) in [5, 5.41) is 9.29. The van der Waals surface area contributed by atoms with Crippen LogP contribution >= 0.6 is 0 Å². The van der Waals surface area contributed by atoms with E-state index >= 15 is 0 Å². The van der Waals surface area contributed by atoms with Crippen LogP contribution < -0.4 is 10.5 Å². The van der Waals surface area contributed by atoms with Crippen LogP contribution in [0.5, 0.6) is 0 Å². The van der Waals surface area contributed by atoms with Gasteiger partial charge in [0.1, 0.15) is 11.6 Å². The highest BCUT2D eigenvalue weighted by atomic mass is 16.1. The van der Waals surface area contributed by atoms with Crippen molar-refractivity contribution >= 4 is 5.69 Å². The standard InChI is InChI=1S/C18H19N3O/c1-12-9-14(21-7-3-4-8-21)5-6-15(12)16-10-13(2)20-18(22)17(16)11-19/h5-6,9-10H,3-4,7-8H2,1-2H3,(H,20,22). The van der Waals surface area contributed by atoms with E-state index in [0.29, 0.717) is 5.56 Å². The Morgan fingerprint density at radius 2 is 1.86 bits per heavy atom. The molecule has 0 unspecified atom stereocenters. The van der Waals surface area contributed by atoms with Crippen molar-refractivity contribution in [1.29, 1.82) is 5.26 Å². The molecule has 0 spiro atoms. The number of nitrogens with zero attached hydrogens (tertiary/aromatic N) is 2. The highest BCUT2D eigenvalue weighted by molar-refractivity contribution is 5.75. The molecule has 0 amide bonds. The molecule has 2 heterocycles. The van der Waals surface area contributed by atoms with Crippen LogP contribution in [0.2, 0.25) is 0 Å². The van der Waals surface area contributed by atoms with Crippen molar-refractivity contribution in [1.82, 2.24) is 4.98 Å². The zero-order chi connectivity index (χ0) is 15.7. The first-order valence-corrected chi connectivity index (χ1v) is 7.60. The van der Waals surface area contributed by atoms with Crippen LogP contribution in [0.15, 0.2) is 29.1 Å². The molecule has 1 N–H and O–H groups in total. The average Bonchev–Trinajstić information content (AvgIpc) is 3.00. The van der Waals surface area contributed by atoms with Gasteiger partial charge in [-0.15, -0.1) is 0 Å². The summed E-state index contributed by atoms with van der Waals surface area (Å²) in [4.78, 5) is 17.0. The molecule has 0 radical (unpaired) electrons. The van der Waals surface area contributed by atoms with Crippen molar-refractivity contribution < 1.29 is 0 Å². The summed E-state index contributed by atoms with van der Waals surface area (Å²) in [6.45, 7) is 6.07. The van der Waals surface area contributed by atoms with Gasteiger partial charge in [-0.3, -0.25) is 4.79 Å². The van der Waals surface area contributed by atoms with Crippen molar-refractivity contribution in [3.63, 3.8) is 0 Å². The van der Waals surface area contributed by atoms with Gasteiger partial charge in [-0.1, -0.05) is 6.07 Å². The van der Waals surface area contributed by atoms with Crippen LogP contribution in [-0.2, 0) is 0 Å². The number of H-pyrrole nitrogens is 1. The van der Waals surface area contributed by atoms with Gasteiger partial charge in [0.05, 0.1) is 0 Å². The molecular formula is C18H19N3O. The molecule has 4 heteroatoms. The molecule has 0 bridgehead atoms. The molecule has 1 fully saturated rings. The summed E-state index contributed by atoms with van der Waals surface area (Å²) in [5.41, 5.74) is 4.61. The number of hydrogen-bond donors (Lipinski definition) is 1. The molecule has 22 heavy (non-hydrogen) atoms. The van der Waals surface area contributed by atoms with Gasteiger partial charge in [0, 0.05) is 30.0 Å². The number of rotatable bonds is 2. The van der Waals surface area contributed by atoms with Crippen LogP contribution in [0, 0.1) is 25.2 Å². The highest BCUT2D eigenvalue weighted by Crippen LogP contribution is 2.30. The molecule has 0 saturated carbocycles. The molecular weight excluding hydrogens is 274 g/mol. The monoisotopic (exact) mass is 293 g/mol. The lowest BCUT2D eigenvalue weighted by Crippen LogP contribution is -2.17. The van der Waals surface area contributed by atoms with Gasteiger partial charge in [0.2, 0.25) is 0 Å². The SMILES string of the molecule is Cc1cc(-c2ccc(N3CCCC3)cc2C)c(C#N)c(=O)[nH]1. The fourth-order valence-corrected chi connectivity index (χ4v) is 3.13. The number of aryl methyl sites for hydroxylation is 2. The van der Waals surface area contributed by atoms with Crippen LogP contribution in [-0.4, -0.2) is 18.1 Å². The zero-order valence-corrected chi connectivity index (χ0v) is 12.9. The second-order valence-corrected chi connectivity index (χ2v) is 5.88. The Morgan fingerprint density at radius 3 is 2.50 bits per heavy atom. The third kappa shape index (κ3) is 2.50. The Hall–Kier alpha value is -2.54. The molecule has 112 valence electrons. The maximum absolute atomic E-state index is 12.0. The molecule has 1 aromatic carbocycles. The second-order valence-electron chi connectivity index (χ2n) is 5.88. The lowest BCUT2D eigenvalue weighted by Gasteiger charge is -2.19. The Labute approximate surface area is 130 Å². The van der Waals surface area contributed by atoms with Gasteiger partial charge in [0.25, 0.3) is 5.56 Å². The van der Waals surface area contributed by atoms with E-state index in [1.165, 1.54) is 18.5 Å². The lowest BCUT2D eigenvalue weighted by atomic mass is 9.96. The predicted molar refractivity (Wildman–Crippen MR) is 88.1 cm³/mol. The fraction of sp³-hybridized carbons (Fsp3) is 0.333. The van der Waals surface area contributed by atoms with E-state index in [9.17, 15) is 10.1 Å². The molecule has 2 aromatic rings. The van der Waals surface area contributed by atoms with E-state index in [-0.39, 0.29) is 11.1 Å². The third-order valence-corrected chi connectivity index (χ3v) is 4.25. The van der Waals surface area contributed by atoms with E-state index in [1.54, 1.807) is 0 Å². The Morgan fingerprint density at radius 1 is 1.14 bits per heavy atom. The first-order valence-electron chi connectivity index (χ1n) is 7.60. The van der Waals surface area contributed by atoms with Crippen LogP contribution in [0.1, 0.15) is 29.7 Å². The van der Waals surface area contributed by atoms with E-state index in [4.69, 9.17) is 0 Å². The first-order chi connectivity index (χ1) is 10.6. The molecule has 0 atom stereocenters. The number of hydrogen-bond acceptors (Lipinski definition) is 3. The highest BCUT2D eigenvalue weighted by Gasteiger charge is 2.16. The Bertz CT molecular complexity index is 808. The lowest BCUT2D eigenvalue weighted by molar-refractivity contribution is 0.949. The maximum Gasteiger partial charge on any atom is 0.266 e. The summed E-state index contributed by atoms with van der Waals surface area (Å²) in [6, 6.07) is 10.2. The van der Waals surface area contributed by atoms with Gasteiger partial charge in [0.15, 0.2) is 0 Å². The van der Waals surface area contributed by atoms with Crippen molar-refractivity contribution in [3.8, 4) is 17.2 Å². The van der Waals surface area contributed by atoms with Crippen molar-refractivity contribution in [2.75, 3.05) is 18.0 Å². The van der Waals surface area contributed by atoms with Gasteiger partial charge >= 0.3 is 0 Å². The Balaban J connectivity index is 2.10. The fourth-order valence-electron chi connectivity index (χ4n) is 3.13. The molecule has 1 aromatic heterocycles. The van der Waals surface area contributed by atoms with Crippen molar-refractivity contribution in [2.24, 2.45) is 0 Å². The molecule has 1 aliphatic heterocycles. The number of pyridine rings is 1. The number of anilines is 1. The second kappa shape index (κ2) is 5.69. The van der Waals surface area contributed by atoms with E-state index in [0.717, 1.165) is 29.9 Å². The first kappa shape index (κ1) is 14.4. The summed E-state index contributed by atoms with van der Waals surface area (Å²) in [6.07, 6.45) is 2.49. The molecule has 3 rings (SSSR count). The van der Waals surface area contributed by atoms with E-state index in [2.05, 4.69) is 22.0 Å². The molecule has 1 aliphatic rings. The predicted octanol–water partition coefficient (Wildman–Crippen LogP) is 3.13. The number of nitriles is 1.